The maximum Gasteiger partial charge on any atom is 0.225 e. The molecule has 0 aliphatic carbocycles. The van der Waals surface area contributed by atoms with Crippen molar-refractivity contribution in [2.45, 2.75) is 19.3 Å². The van der Waals surface area contributed by atoms with E-state index in [1.807, 2.05) is 4.90 Å². The van der Waals surface area contributed by atoms with Crippen LogP contribution < -0.4 is 5.73 Å². The van der Waals surface area contributed by atoms with Gasteiger partial charge in [-0.2, -0.15) is 0 Å². The van der Waals surface area contributed by atoms with E-state index in [4.69, 9.17) is 10.5 Å². The van der Waals surface area contributed by atoms with Crippen LogP contribution in [0.2, 0.25) is 0 Å². The van der Waals surface area contributed by atoms with Gasteiger partial charge in [0.2, 0.25) is 5.91 Å². The minimum Gasteiger partial charge on any atom is -0.381 e. The Labute approximate surface area is 109 Å². The third kappa shape index (κ3) is 3.67. The largest absolute Gasteiger partial charge is 0.381 e. The second-order valence-corrected chi connectivity index (χ2v) is 5.20. The molecule has 18 heavy (non-hydrogen) atoms. The molecule has 2 fully saturated rings. The normalized spacial score (nSPS) is 23.3. The fraction of sp³-hybridized carbons (Fsp3) is 0.923. The van der Waals surface area contributed by atoms with Gasteiger partial charge < -0.3 is 15.4 Å². The number of amides is 1. The van der Waals surface area contributed by atoms with Crippen LogP contribution in [-0.2, 0) is 9.53 Å². The van der Waals surface area contributed by atoms with E-state index in [0.717, 1.165) is 71.7 Å². The van der Waals surface area contributed by atoms with Gasteiger partial charge >= 0.3 is 0 Å². The molecule has 2 aliphatic rings. The first-order valence-corrected chi connectivity index (χ1v) is 7.10. The molecule has 5 heteroatoms. The fourth-order valence-electron chi connectivity index (χ4n) is 2.71. The molecule has 0 atom stereocenters. The van der Waals surface area contributed by atoms with Gasteiger partial charge in [-0.1, -0.05) is 0 Å². The van der Waals surface area contributed by atoms with Gasteiger partial charge in [-0.15, -0.1) is 0 Å². The molecule has 0 aromatic carbocycles. The summed E-state index contributed by atoms with van der Waals surface area (Å²) in [5, 5.41) is 0. The summed E-state index contributed by atoms with van der Waals surface area (Å²) < 4.78 is 5.31. The van der Waals surface area contributed by atoms with Gasteiger partial charge in [0.15, 0.2) is 0 Å². The van der Waals surface area contributed by atoms with Crippen LogP contribution in [0.3, 0.4) is 0 Å². The van der Waals surface area contributed by atoms with E-state index in [-0.39, 0.29) is 5.92 Å². The lowest BCUT2D eigenvalue weighted by Crippen LogP contribution is -2.51. The maximum absolute atomic E-state index is 12.3. The summed E-state index contributed by atoms with van der Waals surface area (Å²) in [5.41, 5.74) is 5.52. The summed E-state index contributed by atoms with van der Waals surface area (Å²) in [6, 6.07) is 0. The molecule has 0 aromatic rings. The molecule has 2 rings (SSSR count). The molecule has 2 saturated heterocycles. The Kier molecular flexibility index (Phi) is 5.41. The first-order valence-electron chi connectivity index (χ1n) is 7.10. The van der Waals surface area contributed by atoms with Crippen LogP contribution in [0.1, 0.15) is 19.3 Å². The van der Waals surface area contributed by atoms with Crippen LogP contribution in [0, 0.1) is 5.92 Å². The van der Waals surface area contributed by atoms with Crippen molar-refractivity contribution in [1.29, 1.82) is 0 Å². The second-order valence-electron chi connectivity index (χ2n) is 5.20. The van der Waals surface area contributed by atoms with Crippen LogP contribution in [0.5, 0.6) is 0 Å². The minimum atomic E-state index is 0.203. The molecule has 0 unspecified atom stereocenters. The lowest BCUT2D eigenvalue weighted by atomic mass is 9.98. The molecule has 0 saturated carbocycles. The topological polar surface area (TPSA) is 58.8 Å². The van der Waals surface area contributed by atoms with Crippen LogP contribution in [-0.4, -0.2) is 68.2 Å². The van der Waals surface area contributed by atoms with Crippen molar-refractivity contribution in [2.75, 3.05) is 52.5 Å². The van der Waals surface area contributed by atoms with E-state index in [9.17, 15) is 4.79 Å². The van der Waals surface area contributed by atoms with Gasteiger partial charge in [0, 0.05) is 45.3 Å². The van der Waals surface area contributed by atoms with Gasteiger partial charge in [0.1, 0.15) is 0 Å². The quantitative estimate of drug-likeness (QED) is 0.762. The highest BCUT2D eigenvalue weighted by Crippen LogP contribution is 2.18. The van der Waals surface area contributed by atoms with E-state index in [0.29, 0.717) is 5.91 Å². The summed E-state index contributed by atoms with van der Waals surface area (Å²) in [6.07, 6.45) is 2.84. The van der Waals surface area contributed by atoms with Gasteiger partial charge in [0.25, 0.3) is 0 Å². The average molecular weight is 255 g/mol. The number of hydrogen-bond donors (Lipinski definition) is 1. The molecule has 2 heterocycles. The zero-order valence-corrected chi connectivity index (χ0v) is 11.1. The summed E-state index contributed by atoms with van der Waals surface area (Å²) in [6.45, 7) is 7.04. The highest BCUT2D eigenvalue weighted by atomic mass is 16.5. The first-order chi connectivity index (χ1) is 8.81. The molecule has 104 valence electrons. The molecule has 0 aromatic heterocycles. The Morgan fingerprint density at radius 1 is 1.17 bits per heavy atom. The highest BCUT2D eigenvalue weighted by molar-refractivity contribution is 5.79. The number of carbonyl (C=O) groups excluding carboxylic acids is 1. The summed E-state index contributed by atoms with van der Waals surface area (Å²) in [4.78, 5) is 16.7. The van der Waals surface area contributed by atoms with Crippen molar-refractivity contribution in [3.63, 3.8) is 0 Å². The predicted octanol–water partition coefficient (Wildman–Crippen LogP) is -0.0940. The third-order valence-electron chi connectivity index (χ3n) is 3.93. The Morgan fingerprint density at radius 2 is 1.83 bits per heavy atom. The molecular weight excluding hydrogens is 230 g/mol. The lowest BCUT2D eigenvalue weighted by molar-refractivity contribution is -0.140. The highest BCUT2D eigenvalue weighted by Gasteiger charge is 2.28. The van der Waals surface area contributed by atoms with Crippen molar-refractivity contribution in [1.82, 2.24) is 9.80 Å². The summed E-state index contributed by atoms with van der Waals surface area (Å²) >= 11 is 0. The molecule has 1 amide bonds. The molecule has 5 nitrogen and oxygen atoms in total. The van der Waals surface area contributed by atoms with Gasteiger partial charge in [-0.3, -0.25) is 9.69 Å². The number of nitrogens with two attached hydrogens (primary N) is 1. The van der Waals surface area contributed by atoms with E-state index >= 15 is 0 Å². The monoisotopic (exact) mass is 255 g/mol. The van der Waals surface area contributed by atoms with Crippen molar-refractivity contribution in [3.8, 4) is 0 Å². The molecule has 0 radical (unpaired) electrons. The summed E-state index contributed by atoms with van der Waals surface area (Å²) in [5.74, 6) is 0.547. The Bertz CT molecular complexity index is 259. The fourth-order valence-corrected chi connectivity index (χ4v) is 2.71. The lowest BCUT2D eigenvalue weighted by Gasteiger charge is -2.37. The van der Waals surface area contributed by atoms with Crippen molar-refractivity contribution in [2.24, 2.45) is 11.7 Å². The Balaban J connectivity index is 1.73. The average Bonchev–Trinajstić information content (AvgIpc) is 2.46. The van der Waals surface area contributed by atoms with E-state index < -0.39 is 0 Å². The van der Waals surface area contributed by atoms with E-state index in [2.05, 4.69) is 4.90 Å². The van der Waals surface area contributed by atoms with Gasteiger partial charge in [-0.25, -0.2) is 0 Å². The van der Waals surface area contributed by atoms with Crippen molar-refractivity contribution in [3.05, 3.63) is 0 Å². The number of carbonyl (C=O) groups is 1. The molecular formula is C13H25N3O2. The molecule has 0 spiro atoms. The van der Waals surface area contributed by atoms with Gasteiger partial charge in [0.05, 0.1) is 0 Å². The number of rotatable bonds is 4. The minimum absolute atomic E-state index is 0.203. The number of nitrogens with zero attached hydrogens (tertiary/aromatic N) is 2. The number of ether oxygens (including phenoxy) is 1. The van der Waals surface area contributed by atoms with E-state index in [1.54, 1.807) is 0 Å². The summed E-state index contributed by atoms with van der Waals surface area (Å²) in [7, 11) is 0. The predicted molar refractivity (Wildman–Crippen MR) is 70.2 cm³/mol. The zero-order chi connectivity index (χ0) is 12.8. The first kappa shape index (κ1) is 13.8. The van der Waals surface area contributed by atoms with E-state index in [1.165, 1.54) is 0 Å². The van der Waals surface area contributed by atoms with Crippen LogP contribution in [0.25, 0.3) is 0 Å². The molecule has 0 bridgehead atoms. The SMILES string of the molecule is NCCCN1CCN(C(=O)C2CCOCC2)CC1. The zero-order valence-electron chi connectivity index (χ0n) is 11.1. The smallest absolute Gasteiger partial charge is 0.225 e. The molecule has 2 N–H and O–H groups in total. The Hall–Kier alpha value is -0.650. The Morgan fingerprint density at radius 3 is 2.44 bits per heavy atom. The van der Waals surface area contributed by atoms with Crippen LogP contribution in [0.4, 0.5) is 0 Å². The van der Waals surface area contributed by atoms with Crippen molar-refractivity contribution < 1.29 is 9.53 Å². The number of piperazine rings is 1. The number of hydrogen-bond acceptors (Lipinski definition) is 4. The third-order valence-corrected chi connectivity index (χ3v) is 3.93. The molecule has 2 aliphatic heterocycles. The standard InChI is InChI=1S/C13H25N3O2/c14-4-1-5-15-6-8-16(9-7-15)13(17)12-2-10-18-11-3-12/h12H,1-11,14H2. The van der Waals surface area contributed by atoms with Gasteiger partial charge in [-0.05, 0) is 32.4 Å². The van der Waals surface area contributed by atoms with Crippen LogP contribution in [0.15, 0.2) is 0 Å². The van der Waals surface area contributed by atoms with Crippen molar-refractivity contribution >= 4 is 5.91 Å². The van der Waals surface area contributed by atoms with Crippen LogP contribution >= 0.6 is 0 Å². The maximum atomic E-state index is 12.3. The second kappa shape index (κ2) is 7.07.